The molecule has 4 aromatic rings. The molecule has 9 nitrogen and oxygen atoms in total. The molecule has 1 fully saturated rings. The van der Waals surface area contributed by atoms with E-state index in [2.05, 4.69) is 10.1 Å². The van der Waals surface area contributed by atoms with Gasteiger partial charge in [-0.05, 0) is 37.1 Å². The zero-order chi connectivity index (χ0) is 21.4. The first kappa shape index (κ1) is 19.6. The lowest BCUT2D eigenvalue weighted by Crippen LogP contribution is -2.42. The first-order valence-electron chi connectivity index (χ1n) is 9.99. The van der Waals surface area contributed by atoms with Crippen LogP contribution < -0.4 is 5.73 Å². The van der Waals surface area contributed by atoms with Gasteiger partial charge in [-0.15, -0.1) is 5.10 Å². The smallest absolute Gasteiger partial charge is 0.233 e. The highest BCUT2D eigenvalue weighted by atomic mass is 32.2. The molecule has 1 saturated heterocycles. The molecule has 10 heteroatoms. The van der Waals surface area contributed by atoms with Crippen LogP contribution in [-0.2, 0) is 9.59 Å². The van der Waals surface area contributed by atoms with E-state index in [0.717, 1.165) is 10.9 Å². The largest absolute Gasteiger partial charge is 0.461 e. The van der Waals surface area contributed by atoms with Crippen LogP contribution >= 0.6 is 11.8 Å². The van der Waals surface area contributed by atoms with E-state index in [0.29, 0.717) is 48.3 Å². The minimum Gasteiger partial charge on any atom is -0.461 e. The van der Waals surface area contributed by atoms with Crippen LogP contribution in [0.1, 0.15) is 12.8 Å². The second-order valence-electron chi connectivity index (χ2n) is 7.41. The molecule has 3 aromatic heterocycles. The molecule has 0 unspecified atom stereocenters. The number of benzene rings is 1. The Kier molecular flexibility index (Phi) is 5.06. The van der Waals surface area contributed by atoms with Gasteiger partial charge in [0.1, 0.15) is 0 Å². The zero-order valence-corrected chi connectivity index (χ0v) is 17.4. The molecule has 0 bridgehead atoms. The van der Waals surface area contributed by atoms with Crippen LogP contribution in [0.3, 0.4) is 0 Å². The molecule has 1 aromatic carbocycles. The maximum absolute atomic E-state index is 12.7. The molecule has 0 saturated carbocycles. The monoisotopic (exact) mass is 436 g/mol. The maximum Gasteiger partial charge on any atom is 0.233 e. The van der Waals surface area contributed by atoms with Crippen molar-refractivity contribution >= 4 is 40.1 Å². The summed E-state index contributed by atoms with van der Waals surface area (Å²) < 4.78 is 7.11. The third-order valence-electron chi connectivity index (χ3n) is 5.47. The van der Waals surface area contributed by atoms with E-state index in [1.54, 1.807) is 27.8 Å². The van der Waals surface area contributed by atoms with Gasteiger partial charge in [0.25, 0.3) is 0 Å². The molecule has 0 atom stereocenters. The van der Waals surface area contributed by atoms with Crippen molar-refractivity contribution in [2.75, 3.05) is 18.8 Å². The van der Waals surface area contributed by atoms with Crippen molar-refractivity contribution < 1.29 is 14.0 Å². The van der Waals surface area contributed by atoms with Gasteiger partial charge < -0.3 is 15.1 Å². The number of hydrogen-bond donors (Lipinski definition) is 1. The summed E-state index contributed by atoms with van der Waals surface area (Å²) in [6.45, 7) is 1.08. The standard InChI is InChI=1S/C21H20N6O3S/c22-18(29)13-7-9-26(10-8-13)17(28)12-31-21-23-15-5-2-1-4-14(15)20-24-19(25-27(20)21)16-6-3-11-30-16/h1-6,11,13H,7-10,12H2,(H2,22,29). The highest BCUT2D eigenvalue weighted by Gasteiger charge is 2.26. The maximum atomic E-state index is 12.7. The van der Waals surface area contributed by atoms with Gasteiger partial charge in [0, 0.05) is 24.4 Å². The number of likely N-dealkylation sites (tertiary alicyclic amines) is 1. The van der Waals surface area contributed by atoms with Gasteiger partial charge in [0.05, 0.1) is 17.5 Å². The summed E-state index contributed by atoms with van der Waals surface area (Å²) in [5.74, 6) is 0.818. The zero-order valence-electron chi connectivity index (χ0n) is 16.6. The molecular formula is C21H20N6O3S. The van der Waals surface area contributed by atoms with E-state index in [1.807, 2.05) is 24.3 Å². The van der Waals surface area contributed by atoms with E-state index in [1.165, 1.54) is 11.8 Å². The predicted molar refractivity (Wildman–Crippen MR) is 115 cm³/mol. The molecule has 2 N–H and O–H groups in total. The van der Waals surface area contributed by atoms with Crippen LogP contribution in [-0.4, -0.2) is 55.1 Å². The minimum atomic E-state index is -0.289. The van der Waals surface area contributed by atoms with Crippen molar-refractivity contribution in [2.24, 2.45) is 11.7 Å². The summed E-state index contributed by atoms with van der Waals surface area (Å²) >= 11 is 1.32. The van der Waals surface area contributed by atoms with E-state index in [4.69, 9.17) is 15.1 Å². The van der Waals surface area contributed by atoms with E-state index in [-0.39, 0.29) is 23.5 Å². The lowest BCUT2D eigenvalue weighted by molar-refractivity contribution is -0.132. The Hall–Kier alpha value is -3.40. The number of piperidine rings is 1. The second-order valence-corrected chi connectivity index (χ2v) is 8.35. The topological polar surface area (TPSA) is 120 Å². The Morgan fingerprint density at radius 3 is 2.68 bits per heavy atom. The summed E-state index contributed by atoms with van der Waals surface area (Å²) in [7, 11) is 0. The molecule has 5 rings (SSSR count). The van der Waals surface area contributed by atoms with Crippen LogP contribution in [0.25, 0.3) is 28.1 Å². The number of nitrogens with two attached hydrogens (primary N) is 1. The fourth-order valence-corrected chi connectivity index (χ4v) is 4.61. The number of rotatable bonds is 5. The Morgan fingerprint density at radius 2 is 1.94 bits per heavy atom. The molecule has 4 heterocycles. The van der Waals surface area contributed by atoms with Crippen LogP contribution in [0.2, 0.25) is 0 Å². The number of carbonyl (C=O) groups excluding carboxylic acids is 2. The molecule has 1 aliphatic heterocycles. The van der Waals surface area contributed by atoms with Crippen LogP contribution in [0, 0.1) is 5.92 Å². The van der Waals surface area contributed by atoms with Gasteiger partial charge in [-0.2, -0.15) is 4.52 Å². The Morgan fingerprint density at radius 1 is 1.13 bits per heavy atom. The highest BCUT2D eigenvalue weighted by Crippen LogP contribution is 2.27. The van der Waals surface area contributed by atoms with Crippen molar-refractivity contribution in [3.63, 3.8) is 0 Å². The number of carbonyl (C=O) groups is 2. The van der Waals surface area contributed by atoms with Gasteiger partial charge in [0.2, 0.25) is 17.6 Å². The number of nitrogens with zero attached hydrogens (tertiary/aromatic N) is 5. The summed E-state index contributed by atoms with van der Waals surface area (Å²) in [6, 6.07) is 11.3. The second kappa shape index (κ2) is 8.03. The summed E-state index contributed by atoms with van der Waals surface area (Å²) in [4.78, 5) is 35.2. The summed E-state index contributed by atoms with van der Waals surface area (Å²) in [6.07, 6.45) is 2.80. The van der Waals surface area contributed by atoms with Crippen molar-refractivity contribution in [3.8, 4) is 11.6 Å². The van der Waals surface area contributed by atoms with Crippen LogP contribution in [0.4, 0.5) is 0 Å². The number of thioether (sulfide) groups is 1. The number of aromatic nitrogens is 4. The molecule has 31 heavy (non-hydrogen) atoms. The number of hydrogen-bond acceptors (Lipinski definition) is 7. The lowest BCUT2D eigenvalue weighted by Gasteiger charge is -2.30. The number of amides is 2. The van der Waals surface area contributed by atoms with Gasteiger partial charge in [-0.25, -0.2) is 9.97 Å². The van der Waals surface area contributed by atoms with Gasteiger partial charge in [0.15, 0.2) is 16.6 Å². The molecule has 1 aliphatic rings. The molecule has 0 aliphatic carbocycles. The Balaban J connectivity index is 1.41. The molecule has 0 spiro atoms. The quantitative estimate of drug-likeness (QED) is 0.377. The fraction of sp³-hybridized carbons (Fsp3) is 0.286. The number of fused-ring (bicyclic) bond motifs is 3. The average Bonchev–Trinajstić information content (AvgIpc) is 3.47. The Labute approximate surface area is 181 Å². The van der Waals surface area contributed by atoms with Crippen molar-refractivity contribution in [1.82, 2.24) is 24.5 Å². The van der Waals surface area contributed by atoms with Crippen molar-refractivity contribution in [2.45, 2.75) is 18.0 Å². The first-order chi connectivity index (χ1) is 15.1. The number of primary amides is 1. The summed E-state index contributed by atoms with van der Waals surface area (Å²) in [5, 5.41) is 6.03. The van der Waals surface area contributed by atoms with Gasteiger partial charge in [-0.1, -0.05) is 23.9 Å². The number of furan rings is 1. The molecular weight excluding hydrogens is 416 g/mol. The third kappa shape index (κ3) is 3.74. The molecule has 0 radical (unpaired) electrons. The molecule has 158 valence electrons. The van der Waals surface area contributed by atoms with E-state index < -0.39 is 0 Å². The van der Waals surface area contributed by atoms with Gasteiger partial charge >= 0.3 is 0 Å². The normalized spacial score (nSPS) is 15.0. The molecule has 2 amide bonds. The Bertz CT molecular complexity index is 1260. The first-order valence-corrected chi connectivity index (χ1v) is 11.0. The highest BCUT2D eigenvalue weighted by molar-refractivity contribution is 7.99. The predicted octanol–water partition coefficient (Wildman–Crippen LogP) is 2.35. The summed E-state index contributed by atoms with van der Waals surface area (Å²) in [5.41, 5.74) is 6.83. The van der Waals surface area contributed by atoms with Crippen LogP contribution in [0.15, 0.2) is 52.2 Å². The van der Waals surface area contributed by atoms with E-state index >= 15 is 0 Å². The van der Waals surface area contributed by atoms with Crippen molar-refractivity contribution in [3.05, 3.63) is 42.7 Å². The van der Waals surface area contributed by atoms with E-state index in [9.17, 15) is 9.59 Å². The average molecular weight is 436 g/mol. The van der Waals surface area contributed by atoms with Crippen molar-refractivity contribution in [1.29, 1.82) is 0 Å². The lowest BCUT2D eigenvalue weighted by atomic mass is 9.96. The third-order valence-corrected chi connectivity index (χ3v) is 6.38. The SMILES string of the molecule is NC(=O)C1CCN(C(=O)CSc2nc3ccccc3c3nc(-c4ccco4)nn23)CC1. The number of para-hydroxylation sites is 1. The van der Waals surface area contributed by atoms with Crippen LogP contribution in [0.5, 0.6) is 0 Å². The minimum absolute atomic E-state index is 0.00222. The van der Waals surface area contributed by atoms with Gasteiger partial charge in [-0.3, -0.25) is 9.59 Å². The fourth-order valence-electron chi connectivity index (χ4n) is 3.76.